The Labute approximate surface area is 161 Å². The summed E-state index contributed by atoms with van der Waals surface area (Å²) in [5, 5.41) is 12.8. The zero-order valence-electron chi connectivity index (χ0n) is 15.1. The first kappa shape index (κ1) is 18.9. The van der Waals surface area contributed by atoms with E-state index in [2.05, 4.69) is 10.3 Å². The number of benzene rings is 2. The van der Waals surface area contributed by atoms with E-state index >= 15 is 0 Å². The largest absolute Gasteiger partial charge is 0.497 e. The van der Waals surface area contributed by atoms with Crippen molar-refractivity contribution in [3.8, 4) is 5.75 Å². The summed E-state index contributed by atoms with van der Waals surface area (Å²) in [7, 11) is 1.56. The minimum Gasteiger partial charge on any atom is -0.497 e. The average Bonchev–Trinajstić information content (AvgIpc) is 2.78. The summed E-state index contributed by atoms with van der Waals surface area (Å²) >= 11 is 6.00. The molecular formula is C20H19ClN2O4. The van der Waals surface area contributed by atoms with Crippen LogP contribution in [0.25, 0.3) is 0 Å². The van der Waals surface area contributed by atoms with Crippen LogP contribution in [0.5, 0.6) is 5.75 Å². The van der Waals surface area contributed by atoms with Gasteiger partial charge in [0.1, 0.15) is 11.8 Å². The molecule has 2 atom stereocenters. The quantitative estimate of drug-likeness (QED) is 0.841. The number of aliphatic carboxylic acids is 1. The molecule has 0 radical (unpaired) electrons. The number of nitrogens with one attached hydrogen (secondary N) is 1. The molecule has 1 aliphatic rings. The summed E-state index contributed by atoms with van der Waals surface area (Å²) in [4.78, 5) is 28.8. The Balaban J connectivity index is 2.27. The van der Waals surface area contributed by atoms with Gasteiger partial charge in [0.2, 0.25) is 5.91 Å². The van der Waals surface area contributed by atoms with E-state index in [0.717, 1.165) is 11.1 Å². The Kier molecular flexibility index (Phi) is 5.19. The maximum Gasteiger partial charge on any atom is 0.308 e. The van der Waals surface area contributed by atoms with Gasteiger partial charge in [0.05, 0.1) is 24.4 Å². The number of hydrogen-bond donors (Lipinski definition) is 2. The van der Waals surface area contributed by atoms with E-state index in [1.807, 2.05) is 6.92 Å². The maximum absolute atomic E-state index is 12.7. The number of benzodiazepines with no additional fused rings is 1. The topological polar surface area (TPSA) is 88.0 Å². The number of carboxylic acid groups (broad SMARTS) is 1. The molecule has 0 saturated heterocycles. The molecule has 3 rings (SSSR count). The first-order valence-corrected chi connectivity index (χ1v) is 8.76. The van der Waals surface area contributed by atoms with Crippen LogP contribution in [0.1, 0.15) is 23.6 Å². The summed E-state index contributed by atoms with van der Waals surface area (Å²) in [5.74, 6) is -1.91. The van der Waals surface area contributed by atoms with Gasteiger partial charge in [-0.15, -0.1) is 0 Å². The third-order valence-electron chi connectivity index (χ3n) is 4.57. The van der Waals surface area contributed by atoms with Crippen molar-refractivity contribution < 1.29 is 19.4 Å². The number of aryl methyl sites for hydroxylation is 1. The second-order valence-electron chi connectivity index (χ2n) is 6.41. The molecule has 2 aromatic carbocycles. The molecule has 6 nitrogen and oxygen atoms in total. The monoisotopic (exact) mass is 386 g/mol. The SMILES string of the molecule is COc1cc(C)c2c(c1)C(c1ccc(Cl)cc1)=NC(C(C)C(=O)O)C(=O)N2. The van der Waals surface area contributed by atoms with Crippen molar-refractivity contribution in [2.45, 2.75) is 19.9 Å². The van der Waals surface area contributed by atoms with Gasteiger partial charge in [0.25, 0.3) is 0 Å². The molecule has 2 unspecified atom stereocenters. The maximum atomic E-state index is 12.7. The van der Waals surface area contributed by atoms with Crippen molar-refractivity contribution in [2.75, 3.05) is 12.4 Å². The summed E-state index contributed by atoms with van der Waals surface area (Å²) in [6.07, 6.45) is 0. The van der Waals surface area contributed by atoms with E-state index in [1.54, 1.807) is 43.5 Å². The lowest BCUT2D eigenvalue weighted by Crippen LogP contribution is -2.35. The molecule has 0 spiro atoms. The zero-order valence-corrected chi connectivity index (χ0v) is 15.9. The molecule has 140 valence electrons. The van der Waals surface area contributed by atoms with E-state index in [4.69, 9.17) is 16.3 Å². The van der Waals surface area contributed by atoms with Crippen molar-refractivity contribution in [2.24, 2.45) is 10.9 Å². The van der Waals surface area contributed by atoms with Gasteiger partial charge in [0.15, 0.2) is 0 Å². The van der Waals surface area contributed by atoms with Crippen LogP contribution in [0.4, 0.5) is 5.69 Å². The highest BCUT2D eigenvalue weighted by molar-refractivity contribution is 6.31. The fourth-order valence-corrected chi connectivity index (χ4v) is 3.13. The number of nitrogens with zero attached hydrogens (tertiary/aromatic N) is 1. The number of amides is 1. The van der Waals surface area contributed by atoms with E-state index < -0.39 is 23.8 Å². The van der Waals surface area contributed by atoms with Gasteiger partial charge < -0.3 is 15.2 Å². The van der Waals surface area contributed by atoms with Crippen molar-refractivity contribution in [3.05, 3.63) is 58.1 Å². The first-order valence-electron chi connectivity index (χ1n) is 8.38. The minimum absolute atomic E-state index is 0.455. The van der Waals surface area contributed by atoms with Crippen LogP contribution < -0.4 is 10.1 Å². The highest BCUT2D eigenvalue weighted by Crippen LogP contribution is 2.33. The minimum atomic E-state index is -1.09. The number of fused-ring (bicyclic) bond motifs is 1. The number of carboxylic acids is 1. The Morgan fingerprint density at radius 3 is 2.56 bits per heavy atom. The number of aliphatic imine (C=N–C) groups is 1. The number of rotatable bonds is 4. The normalized spacial score (nSPS) is 17.3. The fraction of sp³-hybridized carbons (Fsp3) is 0.250. The molecule has 0 bridgehead atoms. The van der Waals surface area contributed by atoms with E-state index in [0.29, 0.717) is 27.7 Å². The highest BCUT2D eigenvalue weighted by Gasteiger charge is 2.34. The van der Waals surface area contributed by atoms with Crippen LogP contribution in [0, 0.1) is 12.8 Å². The predicted octanol–water partition coefficient (Wildman–Crippen LogP) is 3.54. The molecule has 1 aliphatic heterocycles. The smallest absolute Gasteiger partial charge is 0.308 e. The van der Waals surface area contributed by atoms with Crippen LogP contribution >= 0.6 is 11.6 Å². The second-order valence-corrected chi connectivity index (χ2v) is 6.85. The Hall–Kier alpha value is -2.86. The number of methoxy groups -OCH3 is 1. The molecule has 7 heteroatoms. The molecule has 0 saturated carbocycles. The third-order valence-corrected chi connectivity index (χ3v) is 4.82. The summed E-state index contributed by atoms with van der Waals surface area (Å²) in [6.45, 7) is 3.32. The van der Waals surface area contributed by atoms with Crippen molar-refractivity contribution >= 4 is 34.9 Å². The van der Waals surface area contributed by atoms with Gasteiger partial charge >= 0.3 is 5.97 Å². The number of carbonyl (C=O) groups is 2. The fourth-order valence-electron chi connectivity index (χ4n) is 3.00. The number of hydrogen-bond acceptors (Lipinski definition) is 4. The van der Waals surface area contributed by atoms with Gasteiger partial charge in [-0.1, -0.05) is 23.7 Å². The summed E-state index contributed by atoms with van der Waals surface area (Å²) in [6, 6.07) is 9.55. The van der Waals surface area contributed by atoms with Gasteiger partial charge in [-0.05, 0) is 43.7 Å². The molecule has 0 fully saturated rings. The third kappa shape index (κ3) is 3.66. The number of anilines is 1. The van der Waals surface area contributed by atoms with E-state index in [-0.39, 0.29) is 0 Å². The number of ether oxygens (including phenoxy) is 1. The molecule has 1 amide bonds. The molecule has 2 N–H and O–H groups in total. The van der Waals surface area contributed by atoms with Gasteiger partial charge in [0, 0.05) is 16.1 Å². The first-order chi connectivity index (χ1) is 12.8. The van der Waals surface area contributed by atoms with Gasteiger partial charge in [-0.2, -0.15) is 0 Å². The lowest BCUT2D eigenvalue weighted by Gasteiger charge is -2.15. The molecule has 2 aromatic rings. The van der Waals surface area contributed by atoms with Crippen LogP contribution in [-0.4, -0.2) is 35.8 Å². The summed E-state index contributed by atoms with van der Waals surface area (Å²) in [5.41, 5.74) is 3.30. The Morgan fingerprint density at radius 1 is 1.30 bits per heavy atom. The zero-order chi connectivity index (χ0) is 19.7. The van der Waals surface area contributed by atoms with Gasteiger partial charge in [-0.3, -0.25) is 14.6 Å². The molecule has 0 aliphatic carbocycles. The summed E-state index contributed by atoms with van der Waals surface area (Å²) < 4.78 is 5.36. The molecule has 27 heavy (non-hydrogen) atoms. The van der Waals surface area contributed by atoms with Crippen molar-refractivity contribution in [3.63, 3.8) is 0 Å². The van der Waals surface area contributed by atoms with Crippen LogP contribution in [0.3, 0.4) is 0 Å². The van der Waals surface area contributed by atoms with Crippen LogP contribution in [0.2, 0.25) is 5.02 Å². The number of halogens is 1. The lowest BCUT2D eigenvalue weighted by atomic mass is 9.97. The van der Waals surface area contributed by atoms with Crippen molar-refractivity contribution in [1.82, 2.24) is 0 Å². The Bertz CT molecular complexity index is 938. The molecule has 1 heterocycles. The molecule has 0 aromatic heterocycles. The predicted molar refractivity (Wildman–Crippen MR) is 104 cm³/mol. The Morgan fingerprint density at radius 2 is 1.96 bits per heavy atom. The second kappa shape index (κ2) is 7.40. The highest BCUT2D eigenvalue weighted by atomic mass is 35.5. The number of carbonyl (C=O) groups excluding carboxylic acids is 1. The van der Waals surface area contributed by atoms with E-state index in [1.165, 1.54) is 6.92 Å². The van der Waals surface area contributed by atoms with Crippen LogP contribution in [0.15, 0.2) is 41.4 Å². The van der Waals surface area contributed by atoms with Gasteiger partial charge in [-0.25, -0.2) is 0 Å². The average molecular weight is 387 g/mol. The van der Waals surface area contributed by atoms with Crippen molar-refractivity contribution in [1.29, 1.82) is 0 Å². The lowest BCUT2D eigenvalue weighted by molar-refractivity contribution is -0.143. The standard InChI is InChI=1S/C20H19ClN2O4/c1-10-8-14(27-3)9-15-16(10)23-19(24)17(11(2)20(25)26)22-18(15)12-4-6-13(21)7-5-12/h4-9,11,17H,1-3H3,(H,23,24)(H,25,26). The van der Waals surface area contributed by atoms with Crippen LogP contribution in [-0.2, 0) is 9.59 Å². The molecular weight excluding hydrogens is 368 g/mol. The van der Waals surface area contributed by atoms with E-state index in [9.17, 15) is 14.7 Å².